The quantitative estimate of drug-likeness (QED) is 0.343. The number of aromatic nitrogens is 4. The van der Waals surface area contributed by atoms with Crippen LogP contribution in [0, 0.1) is 5.92 Å². The number of carbonyl (C=O) groups is 2. The van der Waals surface area contributed by atoms with Crippen molar-refractivity contribution >= 4 is 34.9 Å². The van der Waals surface area contributed by atoms with Gasteiger partial charge >= 0.3 is 11.9 Å². The van der Waals surface area contributed by atoms with Gasteiger partial charge in [0.15, 0.2) is 17.0 Å². The maximum absolute atomic E-state index is 9.55. The van der Waals surface area contributed by atoms with Crippen LogP contribution in [-0.4, -0.2) is 59.4 Å². The Hall–Kier alpha value is -3.47. The van der Waals surface area contributed by atoms with Crippen molar-refractivity contribution in [3.8, 4) is 0 Å². The van der Waals surface area contributed by atoms with Crippen LogP contribution >= 0.6 is 0 Å². The molecule has 2 heterocycles. The topological polar surface area (TPSA) is 176 Å². The molecule has 0 spiro atoms. The van der Waals surface area contributed by atoms with E-state index < -0.39 is 11.9 Å². The first-order chi connectivity index (χ1) is 13.9. The molecule has 11 heteroatoms. The minimum Gasteiger partial charge on any atom is -0.478 e. The van der Waals surface area contributed by atoms with Gasteiger partial charge in [0, 0.05) is 30.7 Å². The molecule has 0 radical (unpaired) electrons. The number of aliphatic hydroxyl groups excluding tert-OH is 1. The third kappa shape index (κ3) is 5.29. The second-order valence-electron chi connectivity index (χ2n) is 6.81. The monoisotopic (exact) mass is 402 g/mol. The summed E-state index contributed by atoms with van der Waals surface area (Å²) in [6.07, 6.45) is 10.2. The highest BCUT2D eigenvalue weighted by molar-refractivity contribution is 5.89. The fourth-order valence-electron chi connectivity index (χ4n) is 2.93. The summed E-state index contributed by atoms with van der Waals surface area (Å²) in [5.74, 6) is -1.33. The van der Waals surface area contributed by atoms with Crippen molar-refractivity contribution in [3.05, 3.63) is 30.6 Å². The molecule has 0 bridgehead atoms. The van der Waals surface area contributed by atoms with E-state index in [4.69, 9.17) is 15.9 Å². The van der Waals surface area contributed by atoms with E-state index in [0.29, 0.717) is 18.2 Å². The van der Waals surface area contributed by atoms with E-state index >= 15 is 0 Å². The van der Waals surface area contributed by atoms with Gasteiger partial charge in [-0.3, -0.25) is 0 Å². The zero-order chi connectivity index (χ0) is 21.0. The summed E-state index contributed by atoms with van der Waals surface area (Å²) >= 11 is 0. The predicted octanol–water partition coefficient (Wildman–Crippen LogP) is 0.804. The minimum atomic E-state index is -1.26. The molecule has 154 valence electrons. The average molecular weight is 402 g/mol. The molecule has 0 unspecified atom stereocenters. The third-order valence-corrected chi connectivity index (χ3v) is 4.47. The van der Waals surface area contributed by atoms with Crippen LogP contribution in [0.15, 0.2) is 30.6 Å². The standard InChI is InChI=1S/C14H18N6O.C4H4O4/c15-14-18-12(17-9-2-3-9)11-13(19-14)20(7-16-11)10-4-1-8(5-10)6-21;5-3(6)1-2-4(7)8/h1,4,7-10,21H,2-3,5-6H2,(H3,15,17,18,19);1-2H,(H,5,6)(H,7,8)/b;2-1-/t8-,10+;/m1./s1. The molecule has 1 saturated carbocycles. The summed E-state index contributed by atoms with van der Waals surface area (Å²) < 4.78 is 2.01. The van der Waals surface area contributed by atoms with E-state index in [1.165, 1.54) is 0 Å². The number of nitrogens with one attached hydrogen (secondary N) is 1. The molecule has 2 aromatic rings. The number of carboxylic acids is 2. The smallest absolute Gasteiger partial charge is 0.328 e. The number of aliphatic carboxylic acids is 2. The van der Waals surface area contributed by atoms with Gasteiger partial charge in [0.25, 0.3) is 0 Å². The van der Waals surface area contributed by atoms with Crippen LogP contribution in [-0.2, 0) is 9.59 Å². The van der Waals surface area contributed by atoms with Gasteiger partial charge in [-0.1, -0.05) is 12.2 Å². The Bertz CT molecular complexity index is 949. The molecule has 29 heavy (non-hydrogen) atoms. The van der Waals surface area contributed by atoms with Gasteiger partial charge < -0.3 is 30.9 Å². The second-order valence-corrected chi connectivity index (χ2v) is 6.81. The number of nitrogens with two attached hydrogens (primary N) is 1. The second kappa shape index (κ2) is 8.69. The molecule has 0 aliphatic heterocycles. The molecule has 2 aromatic heterocycles. The van der Waals surface area contributed by atoms with Gasteiger partial charge in [-0.2, -0.15) is 9.97 Å². The number of anilines is 2. The van der Waals surface area contributed by atoms with Crippen LogP contribution in [0.4, 0.5) is 11.8 Å². The van der Waals surface area contributed by atoms with E-state index in [1.807, 2.05) is 10.6 Å². The van der Waals surface area contributed by atoms with Crippen molar-refractivity contribution in [1.82, 2.24) is 19.5 Å². The van der Waals surface area contributed by atoms with Crippen LogP contribution in [0.1, 0.15) is 25.3 Å². The SMILES string of the molecule is Nc1nc(NC2CC2)c2ncn([C@H]3C=C[C@@H](CO)C3)c2n1.O=C(O)/C=C\C(=O)O. The zero-order valence-electron chi connectivity index (χ0n) is 15.5. The normalized spacial score (nSPS) is 20.6. The van der Waals surface area contributed by atoms with Gasteiger partial charge in [0.1, 0.15) is 0 Å². The van der Waals surface area contributed by atoms with Crippen LogP contribution in [0.5, 0.6) is 0 Å². The number of fused-ring (bicyclic) bond motifs is 1. The summed E-state index contributed by atoms with van der Waals surface area (Å²) in [5, 5.41) is 28.2. The molecule has 6 N–H and O–H groups in total. The Morgan fingerprint density at radius 1 is 1.21 bits per heavy atom. The summed E-state index contributed by atoms with van der Waals surface area (Å²) in [4.78, 5) is 32.2. The van der Waals surface area contributed by atoms with Crippen LogP contribution in [0.3, 0.4) is 0 Å². The van der Waals surface area contributed by atoms with Gasteiger partial charge in [-0.25, -0.2) is 14.6 Å². The molecule has 2 aliphatic rings. The molecule has 0 aromatic carbocycles. The van der Waals surface area contributed by atoms with Crippen molar-refractivity contribution in [1.29, 1.82) is 0 Å². The highest BCUT2D eigenvalue weighted by Crippen LogP contribution is 2.32. The summed E-state index contributed by atoms with van der Waals surface area (Å²) in [5.41, 5.74) is 7.35. The first-order valence-electron chi connectivity index (χ1n) is 9.07. The maximum atomic E-state index is 9.55. The minimum absolute atomic E-state index is 0.162. The van der Waals surface area contributed by atoms with E-state index in [2.05, 4.69) is 26.3 Å². The van der Waals surface area contributed by atoms with Gasteiger partial charge in [-0.15, -0.1) is 0 Å². The number of aliphatic hydroxyl groups is 1. The van der Waals surface area contributed by atoms with Crippen molar-refractivity contribution in [3.63, 3.8) is 0 Å². The lowest BCUT2D eigenvalue weighted by Crippen LogP contribution is -2.10. The summed E-state index contributed by atoms with van der Waals surface area (Å²) in [6, 6.07) is 0.646. The Kier molecular flexibility index (Phi) is 6.07. The van der Waals surface area contributed by atoms with Crippen LogP contribution in [0.2, 0.25) is 0 Å². The van der Waals surface area contributed by atoms with Crippen LogP contribution < -0.4 is 11.1 Å². The van der Waals surface area contributed by atoms with E-state index in [1.54, 1.807) is 6.33 Å². The Morgan fingerprint density at radius 2 is 1.90 bits per heavy atom. The summed E-state index contributed by atoms with van der Waals surface area (Å²) in [7, 11) is 0. The lowest BCUT2D eigenvalue weighted by molar-refractivity contribution is -0.134. The number of hydrogen-bond donors (Lipinski definition) is 5. The fraction of sp³-hybridized carbons (Fsp3) is 0.389. The predicted molar refractivity (Wildman–Crippen MR) is 104 cm³/mol. The van der Waals surface area contributed by atoms with Gasteiger partial charge in [-0.05, 0) is 19.3 Å². The number of imidazole rings is 1. The molecular weight excluding hydrogens is 380 g/mol. The van der Waals surface area contributed by atoms with Gasteiger partial charge in [0.2, 0.25) is 5.95 Å². The number of nitrogens with zero attached hydrogens (tertiary/aromatic N) is 4. The first kappa shape index (κ1) is 20.3. The molecule has 0 amide bonds. The van der Waals surface area contributed by atoms with E-state index in [-0.39, 0.29) is 24.5 Å². The molecule has 11 nitrogen and oxygen atoms in total. The lowest BCUT2D eigenvalue weighted by Gasteiger charge is -2.13. The average Bonchev–Trinajstić information content (AvgIpc) is 3.18. The third-order valence-electron chi connectivity index (χ3n) is 4.47. The van der Waals surface area contributed by atoms with Crippen LogP contribution in [0.25, 0.3) is 11.2 Å². The number of rotatable bonds is 6. The first-order valence-corrected chi connectivity index (χ1v) is 9.07. The molecule has 4 rings (SSSR count). The van der Waals surface area contributed by atoms with Gasteiger partial charge in [0.05, 0.1) is 12.4 Å². The van der Waals surface area contributed by atoms with Crippen molar-refractivity contribution in [2.75, 3.05) is 17.7 Å². The van der Waals surface area contributed by atoms with E-state index in [9.17, 15) is 14.7 Å². The largest absolute Gasteiger partial charge is 0.478 e. The number of hydrogen-bond acceptors (Lipinski definition) is 8. The zero-order valence-corrected chi connectivity index (χ0v) is 15.5. The van der Waals surface area contributed by atoms with E-state index in [0.717, 1.165) is 36.2 Å². The van der Waals surface area contributed by atoms with Crippen molar-refractivity contribution < 1.29 is 24.9 Å². The lowest BCUT2D eigenvalue weighted by atomic mass is 10.1. The number of carboxylic acid groups (broad SMARTS) is 2. The molecular formula is C18H22N6O5. The Balaban J connectivity index is 0.000000258. The Morgan fingerprint density at radius 3 is 2.45 bits per heavy atom. The number of nitrogen functional groups attached to an aromatic ring is 1. The molecule has 0 saturated heterocycles. The molecule has 2 aliphatic carbocycles. The van der Waals surface area contributed by atoms with Crippen molar-refractivity contribution in [2.24, 2.45) is 5.92 Å². The number of allylic oxidation sites excluding steroid dienone is 1. The maximum Gasteiger partial charge on any atom is 0.328 e. The highest BCUT2D eigenvalue weighted by atomic mass is 16.4. The summed E-state index contributed by atoms with van der Waals surface area (Å²) in [6.45, 7) is 0.172. The Labute approximate surface area is 165 Å². The molecule has 2 atom stereocenters. The fourth-order valence-corrected chi connectivity index (χ4v) is 2.93. The molecule has 1 fully saturated rings. The van der Waals surface area contributed by atoms with Crippen molar-refractivity contribution in [2.45, 2.75) is 31.3 Å². The highest BCUT2D eigenvalue weighted by Gasteiger charge is 2.26.